The molecule has 0 aliphatic carbocycles. The Kier molecular flexibility index (Phi) is 7.76. The van der Waals surface area contributed by atoms with E-state index in [9.17, 15) is 4.79 Å². The van der Waals surface area contributed by atoms with Gasteiger partial charge in [-0.1, -0.05) is 23.2 Å². The van der Waals surface area contributed by atoms with E-state index < -0.39 is 0 Å². The average molecular weight is 419 g/mol. The van der Waals surface area contributed by atoms with Crippen LogP contribution in [0.2, 0.25) is 10.0 Å². The van der Waals surface area contributed by atoms with Crippen LogP contribution in [0.3, 0.4) is 0 Å². The third-order valence-corrected chi connectivity index (χ3v) is 6.31. The molecular weight excluding hydrogens is 395 g/mol. The van der Waals surface area contributed by atoms with Gasteiger partial charge in [0, 0.05) is 37.0 Å². The van der Waals surface area contributed by atoms with Crippen LogP contribution in [0, 0.1) is 0 Å². The lowest BCUT2D eigenvalue weighted by atomic mass is 10.2. The molecule has 8 heteroatoms. The van der Waals surface area contributed by atoms with Gasteiger partial charge in [0.2, 0.25) is 0 Å². The highest BCUT2D eigenvalue weighted by Crippen LogP contribution is 2.27. The van der Waals surface area contributed by atoms with E-state index in [1.807, 2.05) is 16.7 Å². The molecule has 2 saturated heterocycles. The quantitative estimate of drug-likeness (QED) is 0.734. The van der Waals surface area contributed by atoms with Gasteiger partial charge in [0.05, 0.1) is 24.3 Å². The van der Waals surface area contributed by atoms with Crippen LogP contribution in [0.4, 0.5) is 0 Å². The van der Waals surface area contributed by atoms with Crippen molar-refractivity contribution in [2.24, 2.45) is 0 Å². The minimum absolute atomic E-state index is 0.00830. The first-order chi connectivity index (χ1) is 12.6. The van der Waals surface area contributed by atoms with Crippen LogP contribution < -0.4 is 4.74 Å². The second kappa shape index (κ2) is 10.0. The highest BCUT2D eigenvalue weighted by Gasteiger charge is 2.28. The molecule has 0 radical (unpaired) electrons. The fourth-order valence-corrected chi connectivity index (χ4v) is 4.73. The Morgan fingerprint density at radius 3 is 2.85 bits per heavy atom. The van der Waals surface area contributed by atoms with Gasteiger partial charge in [-0.3, -0.25) is 9.69 Å². The molecule has 144 valence electrons. The van der Waals surface area contributed by atoms with Gasteiger partial charge in [0.15, 0.2) is 6.61 Å². The number of amides is 1. The number of thioether (sulfide) groups is 1. The number of hydrogen-bond donors (Lipinski definition) is 0. The fraction of sp³-hybridized carbons (Fsp3) is 0.611. The highest BCUT2D eigenvalue weighted by atomic mass is 35.5. The van der Waals surface area contributed by atoms with Gasteiger partial charge in [0.1, 0.15) is 5.75 Å². The maximum absolute atomic E-state index is 12.8. The predicted octanol–water partition coefficient (Wildman–Crippen LogP) is 3.04. The summed E-state index contributed by atoms with van der Waals surface area (Å²) in [6.45, 7) is 5.06. The van der Waals surface area contributed by atoms with E-state index in [4.69, 9.17) is 32.7 Å². The zero-order valence-corrected chi connectivity index (χ0v) is 17.0. The zero-order chi connectivity index (χ0) is 18.4. The molecule has 0 unspecified atom stereocenters. The summed E-state index contributed by atoms with van der Waals surface area (Å²) in [6, 6.07) is 5.22. The molecule has 2 fully saturated rings. The van der Waals surface area contributed by atoms with Gasteiger partial charge < -0.3 is 14.4 Å². The van der Waals surface area contributed by atoms with Crippen LogP contribution in [0.5, 0.6) is 5.75 Å². The zero-order valence-electron chi connectivity index (χ0n) is 14.7. The van der Waals surface area contributed by atoms with E-state index in [0.717, 1.165) is 57.3 Å². The lowest BCUT2D eigenvalue weighted by molar-refractivity contribution is -0.135. The predicted molar refractivity (Wildman–Crippen MR) is 107 cm³/mol. The van der Waals surface area contributed by atoms with Crippen molar-refractivity contribution in [1.29, 1.82) is 0 Å². The van der Waals surface area contributed by atoms with Crippen molar-refractivity contribution < 1.29 is 14.3 Å². The summed E-state index contributed by atoms with van der Waals surface area (Å²) in [5, 5.41) is 0.963. The van der Waals surface area contributed by atoms with E-state index in [1.165, 1.54) is 0 Å². The lowest BCUT2D eigenvalue weighted by Gasteiger charge is -2.35. The molecule has 0 N–H and O–H groups in total. The second-order valence-electron chi connectivity index (χ2n) is 6.45. The molecule has 1 amide bonds. The lowest BCUT2D eigenvalue weighted by Crippen LogP contribution is -2.51. The molecule has 2 aliphatic rings. The Hall–Kier alpha value is -0.660. The summed E-state index contributed by atoms with van der Waals surface area (Å²) < 4.78 is 11.1. The molecule has 26 heavy (non-hydrogen) atoms. The first-order valence-corrected chi connectivity index (χ1v) is 10.8. The normalized spacial score (nSPS) is 22.1. The number of carbonyl (C=O) groups excluding carboxylic acids is 1. The number of rotatable bonds is 5. The van der Waals surface area contributed by atoms with Crippen molar-refractivity contribution in [3.8, 4) is 5.75 Å². The Labute approximate surface area is 168 Å². The van der Waals surface area contributed by atoms with Crippen molar-refractivity contribution in [3.63, 3.8) is 0 Å². The maximum Gasteiger partial charge on any atom is 0.260 e. The average Bonchev–Trinajstić information content (AvgIpc) is 2.87. The molecular formula is C18H24Cl2N2O3S. The van der Waals surface area contributed by atoms with Crippen molar-refractivity contribution in [1.82, 2.24) is 9.80 Å². The first-order valence-electron chi connectivity index (χ1n) is 8.88. The van der Waals surface area contributed by atoms with Crippen molar-refractivity contribution >= 4 is 40.9 Å². The van der Waals surface area contributed by atoms with Crippen LogP contribution in [0.1, 0.15) is 6.42 Å². The Morgan fingerprint density at radius 2 is 2.08 bits per heavy atom. The van der Waals surface area contributed by atoms with Gasteiger partial charge in [0.25, 0.3) is 5.91 Å². The fourth-order valence-electron chi connectivity index (χ4n) is 3.20. The first kappa shape index (κ1) is 20.1. The van der Waals surface area contributed by atoms with E-state index in [1.54, 1.807) is 18.2 Å². The summed E-state index contributed by atoms with van der Waals surface area (Å²) in [6.07, 6.45) is 1.01. The van der Waals surface area contributed by atoms with Gasteiger partial charge in [-0.15, -0.1) is 0 Å². The van der Waals surface area contributed by atoms with Gasteiger partial charge in [-0.25, -0.2) is 0 Å². The van der Waals surface area contributed by atoms with Crippen LogP contribution in [0.25, 0.3) is 0 Å². The highest BCUT2D eigenvalue weighted by molar-refractivity contribution is 7.99. The SMILES string of the molecule is O=C(COc1ccc(Cl)cc1Cl)N1CCCSC[C@H]1CN1CCOCC1. The van der Waals surface area contributed by atoms with Crippen molar-refractivity contribution in [2.75, 3.05) is 57.5 Å². The second-order valence-corrected chi connectivity index (χ2v) is 8.44. The number of nitrogens with zero attached hydrogens (tertiary/aromatic N) is 2. The molecule has 1 aromatic carbocycles. The van der Waals surface area contributed by atoms with E-state index in [0.29, 0.717) is 15.8 Å². The van der Waals surface area contributed by atoms with E-state index in [2.05, 4.69) is 4.90 Å². The molecule has 0 aromatic heterocycles. The van der Waals surface area contributed by atoms with Gasteiger partial charge in [-0.2, -0.15) is 11.8 Å². The molecule has 2 heterocycles. The molecule has 1 atom stereocenters. The van der Waals surface area contributed by atoms with Crippen LogP contribution in [-0.2, 0) is 9.53 Å². The van der Waals surface area contributed by atoms with Crippen LogP contribution in [-0.4, -0.2) is 79.3 Å². The molecule has 3 rings (SSSR count). The summed E-state index contributed by atoms with van der Waals surface area (Å²) in [5.74, 6) is 2.55. The smallest absolute Gasteiger partial charge is 0.260 e. The molecule has 2 aliphatic heterocycles. The molecule has 5 nitrogen and oxygen atoms in total. The third-order valence-electron chi connectivity index (χ3n) is 4.58. The number of benzene rings is 1. The third kappa shape index (κ3) is 5.67. The monoisotopic (exact) mass is 418 g/mol. The Balaban J connectivity index is 1.60. The molecule has 0 spiro atoms. The molecule has 0 saturated carbocycles. The van der Waals surface area contributed by atoms with Gasteiger partial charge in [-0.05, 0) is 30.4 Å². The van der Waals surface area contributed by atoms with Crippen LogP contribution in [0.15, 0.2) is 18.2 Å². The Morgan fingerprint density at radius 1 is 1.27 bits per heavy atom. The van der Waals surface area contributed by atoms with E-state index in [-0.39, 0.29) is 18.6 Å². The summed E-state index contributed by atoms with van der Waals surface area (Å²) in [4.78, 5) is 17.2. The summed E-state index contributed by atoms with van der Waals surface area (Å²) >= 11 is 14.0. The van der Waals surface area contributed by atoms with Gasteiger partial charge >= 0.3 is 0 Å². The Bertz CT molecular complexity index is 614. The number of ether oxygens (including phenoxy) is 2. The number of hydrogen-bond acceptors (Lipinski definition) is 5. The largest absolute Gasteiger partial charge is 0.482 e. The number of carbonyl (C=O) groups is 1. The van der Waals surface area contributed by atoms with Crippen molar-refractivity contribution in [2.45, 2.75) is 12.5 Å². The summed E-state index contributed by atoms with van der Waals surface area (Å²) in [7, 11) is 0. The van der Waals surface area contributed by atoms with Crippen LogP contribution >= 0.6 is 35.0 Å². The molecule has 1 aromatic rings. The minimum Gasteiger partial charge on any atom is -0.482 e. The number of morpholine rings is 1. The minimum atomic E-state index is -0.00830. The number of halogens is 2. The standard InChI is InChI=1S/C18H24Cl2N2O3S/c19-14-2-3-17(16(20)10-14)25-12-18(23)22-4-1-9-26-13-15(22)11-21-5-7-24-8-6-21/h2-3,10,15H,1,4-9,11-13H2/t15-/m1/s1. The van der Waals surface area contributed by atoms with E-state index >= 15 is 0 Å². The molecule has 0 bridgehead atoms. The maximum atomic E-state index is 12.8. The topological polar surface area (TPSA) is 42.0 Å². The van der Waals surface area contributed by atoms with Crippen molar-refractivity contribution in [3.05, 3.63) is 28.2 Å². The summed E-state index contributed by atoms with van der Waals surface area (Å²) in [5.41, 5.74) is 0.